The second kappa shape index (κ2) is 8.49. The number of hydrogen-bond acceptors (Lipinski definition) is 4. The fourth-order valence-electron chi connectivity index (χ4n) is 1.76. The number of nitrogens with zero attached hydrogens (tertiary/aromatic N) is 1. The minimum Gasteiger partial charge on any atom is -0.490 e. The van der Waals surface area contributed by atoms with Crippen LogP contribution in [-0.2, 0) is 6.54 Å². The van der Waals surface area contributed by atoms with E-state index < -0.39 is 0 Å². The predicted molar refractivity (Wildman–Crippen MR) is 84.1 cm³/mol. The predicted octanol–water partition coefficient (Wildman–Crippen LogP) is 3.30. The van der Waals surface area contributed by atoms with Crippen LogP contribution in [-0.4, -0.2) is 24.7 Å². The number of hydrogen-bond donors (Lipinski definition) is 1. The van der Waals surface area contributed by atoms with Crippen LogP contribution in [0, 0.1) is 0 Å². The number of para-hydroxylation sites is 1. The molecular weight excluding hydrogens is 288 g/mol. The Morgan fingerprint density at radius 3 is 2.67 bits per heavy atom. The highest BCUT2D eigenvalue weighted by atomic mass is 35.5. The van der Waals surface area contributed by atoms with Crippen molar-refractivity contribution in [3.63, 3.8) is 0 Å². The van der Waals surface area contributed by atoms with Crippen molar-refractivity contribution in [1.82, 2.24) is 10.3 Å². The molecule has 0 atom stereocenters. The zero-order chi connectivity index (χ0) is 14.9. The van der Waals surface area contributed by atoms with Gasteiger partial charge >= 0.3 is 0 Å². The summed E-state index contributed by atoms with van der Waals surface area (Å²) >= 11 is 6.09. The Morgan fingerprint density at radius 2 is 1.90 bits per heavy atom. The molecule has 0 aliphatic carbocycles. The number of nitrogens with one attached hydrogen (secondary N) is 1. The van der Waals surface area contributed by atoms with Gasteiger partial charge in [-0.2, -0.15) is 0 Å². The molecule has 0 radical (unpaired) electrons. The summed E-state index contributed by atoms with van der Waals surface area (Å²) in [7, 11) is 0. The van der Waals surface area contributed by atoms with Gasteiger partial charge in [0.15, 0.2) is 0 Å². The van der Waals surface area contributed by atoms with E-state index in [0.717, 1.165) is 17.9 Å². The summed E-state index contributed by atoms with van der Waals surface area (Å²) in [4.78, 5) is 4.15. The average molecular weight is 307 g/mol. The molecule has 5 heteroatoms. The van der Waals surface area contributed by atoms with Crippen LogP contribution >= 0.6 is 11.6 Å². The molecule has 1 aromatic carbocycles. The van der Waals surface area contributed by atoms with Crippen molar-refractivity contribution >= 4 is 11.6 Å². The lowest BCUT2D eigenvalue weighted by Gasteiger charge is -2.10. The van der Waals surface area contributed by atoms with Crippen LogP contribution in [0.3, 0.4) is 0 Å². The maximum Gasteiger partial charge on any atom is 0.213 e. The molecule has 2 aromatic rings. The molecule has 0 fully saturated rings. The molecule has 0 amide bonds. The summed E-state index contributed by atoms with van der Waals surface area (Å²) in [6, 6.07) is 11.5. The number of pyridine rings is 1. The Morgan fingerprint density at radius 1 is 1.14 bits per heavy atom. The van der Waals surface area contributed by atoms with E-state index in [0.29, 0.717) is 30.7 Å². The van der Waals surface area contributed by atoms with Crippen molar-refractivity contribution < 1.29 is 9.47 Å². The van der Waals surface area contributed by atoms with Crippen molar-refractivity contribution in [3.8, 4) is 11.6 Å². The van der Waals surface area contributed by atoms with E-state index in [1.54, 1.807) is 6.20 Å². The van der Waals surface area contributed by atoms with Crippen LogP contribution in [0.2, 0.25) is 5.02 Å². The summed E-state index contributed by atoms with van der Waals surface area (Å²) in [5, 5.41) is 3.87. The molecule has 4 nitrogen and oxygen atoms in total. The standard InChI is InChI=1S/C16H19ClN2O2/c1-2-18-11-13-10-16(19-12-15(13)17)21-9-8-20-14-6-4-3-5-7-14/h3-7,10,12,18H,2,8-9,11H2,1H3. The monoisotopic (exact) mass is 306 g/mol. The van der Waals surface area contributed by atoms with Crippen LogP contribution in [0.15, 0.2) is 42.6 Å². The lowest BCUT2D eigenvalue weighted by molar-refractivity contribution is 0.212. The third kappa shape index (κ3) is 5.25. The van der Waals surface area contributed by atoms with E-state index in [4.69, 9.17) is 21.1 Å². The molecule has 0 saturated heterocycles. The molecule has 0 aliphatic heterocycles. The highest BCUT2D eigenvalue weighted by Gasteiger charge is 2.04. The van der Waals surface area contributed by atoms with Gasteiger partial charge in [0.2, 0.25) is 5.88 Å². The Labute approximate surface area is 130 Å². The summed E-state index contributed by atoms with van der Waals surface area (Å²) < 4.78 is 11.1. The smallest absolute Gasteiger partial charge is 0.213 e. The number of ether oxygens (including phenoxy) is 2. The minimum absolute atomic E-state index is 0.435. The Bertz CT molecular complexity index is 549. The van der Waals surface area contributed by atoms with Crippen molar-refractivity contribution in [2.75, 3.05) is 19.8 Å². The highest BCUT2D eigenvalue weighted by molar-refractivity contribution is 6.31. The molecule has 21 heavy (non-hydrogen) atoms. The molecule has 0 saturated carbocycles. The van der Waals surface area contributed by atoms with Gasteiger partial charge in [0, 0.05) is 18.8 Å². The van der Waals surface area contributed by atoms with Gasteiger partial charge in [-0.1, -0.05) is 36.7 Å². The van der Waals surface area contributed by atoms with Crippen LogP contribution in [0.4, 0.5) is 0 Å². The minimum atomic E-state index is 0.435. The van der Waals surface area contributed by atoms with Gasteiger partial charge in [-0.3, -0.25) is 0 Å². The Hall–Kier alpha value is -1.78. The van der Waals surface area contributed by atoms with Crippen molar-refractivity contribution in [3.05, 3.63) is 53.2 Å². The van der Waals surface area contributed by atoms with Crippen LogP contribution in [0.25, 0.3) is 0 Å². The van der Waals surface area contributed by atoms with Crippen molar-refractivity contribution in [2.45, 2.75) is 13.5 Å². The van der Waals surface area contributed by atoms with Gasteiger partial charge in [0.1, 0.15) is 19.0 Å². The largest absolute Gasteiger partial charge is 0.490 e. The third-order valence-corrected chi connectivity index (χ3v) is 3.16. The van der Waals surface area contributed by atoms with Gasteiger partial charge in [-0.25, -0.2) is 4.98 Å². The number of halogens is 1. The first-order valence-electron chi connectivity index (χ1n) is 6.95. The zero-order valence-corrected chi connectivity index (χ0v) is 12.8. The number of rotatable bonds is 8. The second-order valence-electron chi connectivity index (χ2n) is 4.40. The molecule has 1 N–H and O–H groups in total. The Balaban J connectivity index is 1.80. The molecule has 112 valence electrons. The van der Waals surface area contributed by atoms with Crippen LogP contribution in [0.5, 0.6) is 11.6 Å². The molecule has 2 rings (SSSR count). The van der Waals surface area contributed by atoms with E-state index in [2.05, 4.69) is 10.3 Å². The van der Waals surface area contributed by atoms with Gasteiger partial charge in [0.05, 0.1) is 5.02 Å². The summed E-state index contributed by atoms with van der Waals surface area (Å²) in [5.41, 5.74) is 0.979. The molecule has 0 aliphatic rings. The lowest BCUT2D eigenvalue weighted by Crippen LogP contribution is -2.13. The molecule has 0 spiro atoms. The first kappa shape index (κ1) is 15.6. The van der Waals surface area contributed by atoms with E-state index in [9.17, 15) is 0 Å². The summed E-state index contributed by atoms with van der Waals surface area (Å²) in [6.45, 7) is 4.54. The molecule has 1 heterocycles. The van der Waals surface area contributed by atoms with E-state index >= 15 is 0 Å². The molecule has 0 bridgehead atoms. The van der Waals surface area contributed by atoms with E-state index in [1.807, 2.05) is 43.3 Å². The second-order valence-corrected chi connectivity index (χ2v) is 4.81. The zero-order valence-electron chi connectivity index (χ0n) is 12.0. The fourth-order valence-corrected chi connectivity index (χ4v) is 1.93. The maximum atomic E-state index is 6.09. The average Bonchev–Trinajstić information content (AvgIpc) is 2.52. The van der Waals surface area contributed by atoms with Gasteiger partial charge < -0.3 is 14.8 Å². The van der Waals surface area contributed by atoms with Crippen molar-refractivity contribution in [1.29, 1.82) is 0 Å². The van der Waals surface area contributed by atoms with Crippen LogP contribution in [0.1, 0.15) is 12.5 Å². The highest BCUT2D eigenvalue weighted by Crippen LogP contribution is 2.19. The first-order valence-corrected chi connectivity index (χ1v) is 7.33. The number of benzene rings is 1. The maximum absolute atomic E-state index is 6.09. The third-order valence-electron chi connectivity index (χ3n) is 2.82. The first-order chi connectivity index (χ1) is 10.3. The molecule has 0 unspecified atom stereocenters. The SMILES string of the molecule is CCNCc1cc(OCCOc2ccccc2)ncc1Cl. The van der Waals surface area contributed by atoms with E-state index in [-0.39, 0.29) is 0 Å². The lowest BCUT2D eigenvalue weighted by atomic mass is 10.2. The topological polar surface area (TPSA) is 43.4 Å². The molecular formula is C16H19ClN2O2. The van der Waals surface area contributed by atoms with Gasteiger partial charge in [0.25, 0.3) is 0 Å². The fraction of sp³-hybridized carbons (Fsp3) is 0.312. The number of aromatic nitrogens is 1. The summed E-state index contributed by atoms with van der Waals surface area (Å²) in [5.74, 6) is 1.39. The van der Waals surface area contributed by atoms with Gasteiger partial charge in [-0.05, 0) is 24.2 Å². The summed E-state index contributed by atoms with van der Waals surface area (Å²) in [6.07, 6.45) is 1.61. The quantitative estimate of drug-likeness (QED) is 0.760. The molecule has 1 aromatic heterocycles. The Kier molecular flexibility index (Phi) is 6.31. The van der Waals surface area contributed by atoms with Gasteiger partial charge in [-0.15, -0.1) is 0 Å². The van der Waals surface area contributed by atoms with Crippen molar-refractivity contribution in [2.24, 2.45) is 0 Å². The van der Waals surface area contributed by atoms with E-state index in [1.165, 1.54) is 0 Å². The normalized spacial score (nSPS) is 10.4. The van der Waals surface area contributed by atoms with Crippen LogP contribution < -0.4 is 14.8 Å².